The minimum absolute atomic E-state index is 0.0720. The highest BCUT2D eigenvalue weighted by molar-refractivity contribution is 7.59. The van der Waals surface area contributed by atoms with Crippen LogP contribution in [-0.2, 0) is 32.1 Å². The normalized spacial score (nSPS) is 24.0. The topological polar surface area (TPSA) is 83.5 Å². The summed E-state index contributed by atoms with van der Waals surface area (Å²) in [6.07, 6.45) is 0. The summed E-state index contributed by atoms with van der Waals surface area (Å²) in [5.41, 5.74) is -0.735. The molecule has 0 radical (unpaired) electrons. The van der Waals surface area contributed by atoms with E-state index in [0.29, 0.717) is 0 Å². The molecule has 2 atom stereocenters. The van der Waals surface area contributed by atoms with Crippen molar-refractivity contribution in [3.05, 3.63) is 0 Å². The summed E-state index contributed by atoms with van der Waals surface area (Å²) >= 11 is 0. The molecule has 0 aromatic carbocycles. The second-order valence-electron chi connectivity index (χ2n) is 4.57. The van der Waals surface area contributed by atoms with Crippen molar-refractivity contribution in [2.75, 3.05) is 40.1 Å². The van der Waals surface area contributed by atoms with Crippen LogP contribution in [0.4, 0.5) is 0 Å². The van der Waals surface area contributed by atoms with Crippen molar-refractivity contribution in [2.24, 2.45) is 0 Å². The van der Waals surface area contributed by atoms with Gasteiger partial charge in [-0.05, 0) is 27.7 Å². The van der Waals surface area contributed by atoms with E-state index in [1.54, 1.807) is 34.7 Å². The Morgan fingerprint density at radius 3 is 1.73 bits per heavy atom. The highest BCUT2D eigenvalue weighted by atomic mass is 31.2. The fourth-order valence-electron chi connectivity index (χ4n) is 2.40. The molecule has 1 fully saturated rings. The van der Waals surface area contributed by atoms with Crippen molar-refractivity contribution in [1.29, 1.82) is 0 Å². The monoisotopic (exact) mass is 359 g/mol. The van der Waals surface area contributed by atoms with Crippen LogP contribution < -0.4 is 0 Å². The highest BCUT2D eigenvalue weighted by Gasteiger charge is 2.57. The van der Waals surface area contributed by atoms with Crippen LogP contribution in [0.3, 0.4) is 0 Å². The molecular weight excluding hydrogens is 332 g/mol. The van der Waals surface area contributed by atoms with Gasteiger partial charge >= 0.3 is 15.2 Å². The molecule has 1 heterocycles. The molecule has 2 unspecified atom stereocenters. The van der Waals surface area contributed by atoms with Gasteiger partial charge in [-0.1, -0.05) is 0 Å². The highest BCUT2D eigenvalue weighted by Crippen LogP contribution is 2.66. The Kier molecular flexibility index (Phi) is 8.20. The average molecular weight is 359 g/mol. The number of hydrogen-bond donors (Lipinski definition) is 0. The zero-order valence-electron chi connectivity index (χ0n) is 13.9. The molecule has 0 bridgehead atoms. The van der Waals surface area contributed by atoms with Gasteiger partial charge in [-0.25, -0.2) is 0 Å². The van der Waals surface area contributed by atoms with Gasteiger partial charge in [-0.2, -0.15) is 5.06 Å². The molecule has 0 spiro atoms. The van der Waals surface area contributed by atoms with E-state index in [4.69, 9.17) is 22.9 Å². The zero-order valence-corrected chi connectivity index (χ0v) is 15.7. The van der Waals surface area contributed by atoms with Gasteiger partial charge in [0.2, 0.25) is 0 Å². The molecule has 1 rings (SSSR count). The Morgan fingerprint density at radius 2 is 1.32 bits per heavy atom. The van der Waals surface area contributed by atoms with E-state index in [2.05, 4.69) is 0 Å². The Balaban J connectivity index is 3.17. The lowest BCUT2D eigenvalue weighted by atomic mass is 10.4. The molecule has 22 heavy (non-hydrogen) atoms. The first kappa shape index (κ1) is 20.3. The lowest BCUT2D eigenvalue weighted by molar-refractivity contribution is -0.0990. The summed E-state index contributed by atoms with van der Waals surface area (Å²) in [7, 11) is -5.45. The lowest BCUT2D eigenvalue weighted by Crippen LogP contribution is -2.34. The first-order valence-corrected chi connectivity index (χ1v) is 10.7. The van der Waals surface area contributed by atoms with Crippen molar-refractivity contribution in [3.8, 4) is 0 Å². The first-order valence-electron chi connectivity index (χ1n) is 7.51. The molecule has 0 aromatic heterocycles. The molecule has 8 nitrogen and oxygen atoms in total. The minimum Gasteiger partial charge on any atom is -0.309 e. The molecule has 0 saturated carbocycles. The zero-order chi connectivity index (χ0) is 16.8. The second kappa shape index (κ2) is 8.90. The smallest absolute Gasteiger partial charge is 0.309 e. The van der Waals surface area contributed by atoms with Gasteiger partial charge in [0.1, 0.15) is 5.66 Å². The van der Waals surface area contributed by atoms with E-state index in [1.165, 1.54) is 5.06 Å². The summed E-state index contributed by atoms with van der Waals surface area (Å²) in [6, 6.07) is 0. The summed E-state index contributed by atoms with van der Waals surface area (Å²) in [4.78, 5) is 5.42. The lowest BCUT2D eigenvalue weighted by Gasteiger charge is -2.32. The van der Waals surface area contributed by atoms with Crippen LogP contribution in [0.2, 0.25) is 0 Å². The Labute approximate surface area is 132 Å². The van der Waals surface area contributed by atoms with E-state index in [0.717, 1.165) is 0 Å². The van der Waals surface area contributed by atoms with Crippen LogP contribution in [0, 0.1) is 0 Å². The molecule has 0 amide bonds. The average Bonchev–Trinajstić information content (AvgIpc) is 2.83. The number of rotatable bonds is 10. The van der Waals surface area contributed by atoms with Crippen molar-refractivity contribution in [3.63, 3.8) is 0 Å². The van der Waals surface area contributed by atoms with Crippen molar-refractivity contribution in [1.82, 2.24) is 5.06 Å². The van der Waals surface area contributed by atoms with Crippen LogP contribution in [-0.4, -0.2) is 56.6 Å². The fraction of sp³-hybridized carbons (Fsp3) is 1.00. The molecule has 0 N–H and O–H groups in total. The van der Waals surface area contributed by atoms with Crippen molar-refractivity contribution >= 4 is 15.2 Å². The maximum Gasteiger partial charge on any atom is 0.351 e. The number of nitrogens with zero attached hydrogens (tertiary/aromatic N) is 1. The third-order valence-electron chi connectivity index (χ3n) is 3.13. The second-order valence-corrected chi connectivity index (χ2v) is 8.96. The maximum absolute atomic E-state index is 13.1. The summed E-state index contributed by atoms with van der Waals surface area (Å²) in [5.74, 6) is -0.837. The standard InChI is InChI=1S/C12H27NO7P2/c1-6-17-21(14,18-7-2)11-10-16-13(5)12(11)22(15,19-8-3)20-9-4/h11-12H,6-10H2,1-5H3. The van der Waals surface area contributed by atoms with Gasteiger partial charge in [0.25, 0.3) is 0 Å². The van der Waals surface area contributed by atoms with E-state index in [1.807, 2.05) is 0 Å². The summed E-state index contributed by atoms with van der Waals surface area (Å²) in [6.45, 7) is 7.83. The van der Waals surface area contributed by atoms with Crippen LogP contribution in [0.5, 0.6) is 0 Å². The van der Waals surface area contributed by atoms with Gasteiger partial charge < -0.3 is 18.1 Å². The first-order chi connectivity index (χ1) is 10.4. The fourth-order valence-corrected chi connectivity index (χ4v) is 7.39. The van der Waals surface area contributed by atoms with E-state index >= 15 is 0 Å². The van der Waals surface area contributed by atoms with Gasteiger partial charge in [0.15, 0.2) is 5.78 Å². The SMILES string of the molecule is CCOP(=O)(OCC)C1CON(C)C1P(=O)(OCC)OCC. The third kappa shape index (κ3) is 4.40. The van der Waals surface area contributed by atoms with Crippen LogP contribution in [0.25, 0.3) is 0 Å². The number of hydroxylamine groups is 2. The summed E-state index contributed by atoms with van der Waals surface area (Å²) in [5, 5.41) is 1.38. The molecule has 10 heteroatoms. The Hall–Kier alpha value is 0.220. The van der Waals surface area contributed by atoms with Crippen molar-refractivity contribution in [2.45, 2.75) is 39.1 Å². The molecule has 1 aliphatic rings. The molecule has 1 saturated heterocycles. The number of hydrogen-bond acceptors (Lipinski definition) is 8. The maximum atomic E-state index is 13.1. The Bertz CT molecular complexity index is 414. The van der Waals surface area contributed by atoms with Crippen LogP contribution >= 0.6 is 15.2 Å². The quantitative estimate of drug-likeness (QED) is 0.550. The Morgan fingerprint density at radius 1 is 0.909 bits per heavy atom. The van der Waals surface area contributed by atoms with E-state index in [9.17, 15) is 9.13 Å². The van der Waals surface area contributed by atoms with Gasteiger partial charge in [0, 0.05) is 7.05 Å². The van der Waals surface area contributed by atoms with Crippen molar-refractivity contribution < 1.29 is 32.1 Å². The molecule has 0 aromatic rings. The van der Waals surface area contributed by atoms with E-state index < -0.39 is 26.6 Å². The van der Waals surface area contributed by atoms with Crippen LogP contribution in [0.15, 0.2) is 0 Å². The largest absolute Gasteiger partial charge is 0.351 e. The molecule has 132 valence electrons. The minimum atomic E-state index is -3.55. The van der Waals surface area contributed by atoms with Crippen LogP contribution in [0.1, 0.15) is 27.7 Å². The van der Waals surface area contributed by atoms with E-state index in [-0.39, 0.29) is 33.0 Å². The summed E-state index contributed by atoms with van der Waals surface area (Å²) < 4.78 is 47.7. The molecular formula is C12H27NO7P2. The third-order valence-corrected chi connectivity index (χ3v) is 8.42. The predicted octanol–water partition coefficient (Wildman–Crippen LogP) is 3.09. The van der Waals surface area contributed by atoms with Gasteiger partial charge in [-0.3, -0.25) is 14.0 Å². The molecule has 0 aliphatic carbocycles. The van der Waals surface area contributed by atoms with Gasteiger partial charge in [0.05, 0.1) is 33.0 Å². The molecule has 1 aliphatic heterocycles. The predicted molar refractivity (Wildman–Crippen MR) is 83.0 cm³/mol. The van der Waals surface area contributed by atoms with Gasteiger partial charge in [-0.15, -0.1) is 0 Å².